The summed E-state index contributed by atoms with van der Waals surface area (Å²) in [4.78, 5) is 3.58. The average molecular weight is 221 g/mol. The van der Waals surface area contributed by atoms with Gasteiger partial charge in [0.15, 0.2) is 0 Å². The van der Waals surface area contributed by atoms with Crippen molar-refractivity contribution < 1.29 is 0 Å². The number of hydrogen-bond donors (Lipinski definition) is 1. The van der Waals surface area contributed by atoms with E-state index in [1.165, 1.54) is 6.20 Å². The molecule has 1 aromatic rings. The van der Waals surface area contributed by atoms with E-state index in [9.17, 15) is 0 Å². The number of halogens is 1. The van der Waals surface area contributed by atoms with Gasteiger partial charge in [-0.05, 0) is 25.3 Å². The maximum Gasteiger partial charge on any atom is 0.0817 e. The summed E-state index contributed by atoms with van der Waals surface area (Å²) < 4.78 is 0. The zero-order valence-electron chi connectivity index (χ0n) is 8.63. The zero-order chi connectivity index (χ0) is 11.3. The number of para-hydroxylation sites is 1. The number of aliphatic imine (C=N–C) groups is 1. The van der Waals surface area contributed by atoms with Gasteiger partial charge in [0.2, 0.25) is 0 Å². The van der Waals surface area contributed by atoms with Crippen molar-refractivity contribution in [2.75, 3.05) is 5.32 Å². The van der Waals surface area contributed by atoms with Crippen molar-refractivity contribution in [3.63, 3.8) is 0 Å². The van der Waals surface area contributed by atoms with E-state index < -0.39 is 0 Å². The van der Waals surface area contributed by atoms with E-state index in [-0.39, 0.29) is 0 Å². The van der Waals surface area contributed by atoms with Gasteiger partial charge in [0.1, 0.15) is 0 Å². The largest absolute Gasteiger partial charge is 0.355 e. The Morgan fingerprint density at radius 1 is 1.47 bits per heavy atom. The fraction of sp³-hybridized carbons (Fsp3) is 0.0833. The van der Waals surface area contributed by atoms with Crippen molar-refractivity contribution in [2.45, 2.75) is 6.92 Å². The molecule has 2 nitrogen and oxygen atoms in total. The predicted molar refractivity (Wildman–Crippen MR) is 67.4 cm³/mol. The summed E-state index contributed by atoms with van der Waals surface area (Å²) in [5.41, 5.74) is 2.73. The second kappa shape index (κ2) is 5.37. The second-order valence-electron chi connectivity index (χ2n) is 3.08. The number of anilines is 1. The lowest BCUT2D eigenvalue weighted by atomic mass is 10.2. The molecule has 0 unspecified atom stereocenters. The molecular weight excluding hydrogens is 208 g/mol. The summed E-state index contributed by atoms with van der Waals surface area (Å²) in [5, 5.41) is 3.56. The lowest BCUT2D eigenvalue weighted by Gasteiger charge is -2.10. The average Bonchev–Trinajstić information content (AvgIpc) is 2.21. The highest BCUT2D eigenvalue weighted by Crippen LogP contribution is 2.19. The molecule has 1 rings (SSSR count). The van der Waals surface area contributed by atoms with E-state index in [0.717, 1.165) is 11.3 Å². The van der Waals surface area contributed by atoms with E-state index in [1.807, 2.05) is 31.2 Å². The summed E-state index contributed by atoms with van der Waals surface area (Å²) >= 11 is 5.90. The Kier molecular flexibility index (Phi) is 4.13. The van der Waals surface area contributed by atoms with E-state index in [0.29, 0.717) is 10.7 Å². The summed E-state index contributed by atoms with van der Waals surface area (Å²) in [6.45, 7) is 9.15. The number of aryl methyl sites for hydroxylation is 1. The van der Waals surface area contributed by atoms with Crippen LogP contribution in [-0.4, -0.2) is 6.72 Å². The van der Waals surface area contributed by atoms with Crippen molar-refractivity contribution in [3.8, 4) is 0 Å². The molecule has 0 aliphatic rings. The van der Waals surface area contributed by atoms with Crippen LogP contribution >= 0.6 is 11.6 Å². The fourth-order valence-corrected chi connectivity index (χ4v) is 1.21. The first-order chi connectivity index (χ1) is 7.15. The number of nitrogens with one attached hydrogen (secondary N) is 1. The molecule has 0 radical (unpaired) electrons. The molecule has 0 amide bonds. The van der Waals surface area contributed by atoms with Crippen molar-refractivity contribution in [1.29, 1.82) is 0 Å². The van der Waals surface area contributed by atoms with Gasteiger partial charge < -0.3 is 5.32 Å². The quantitative estimate of drug-likeness (QED) is 0.607. The fourth-order valence-electron chi connectivity index (χ4n) is 1.09. The molecule has 0 saturated carbocycles. The Morgan fingerprint density at radius 2 is 2.13 bits per heavy atom. The maximum atomic E-state index is 5.90. The standard InChI is InChI=1S/C12H13ClN2/c1-9-6-4-5-7-12(9)15-10(2)11(13)8-14-3/h4-8,15H,2-3H2,1H3/b11-8+. The highest BCUT2D eigenvalue weighted by molar-refractivity contribution is 6.32. The molecule has 78 valence electrons. The van der Waals surface area contributed by atoms with Gasteiger partial charge in [-0.1, -0.05) is 36.4 Å². The van der Waals surface area contributed by atoms with Crippen LogP contribution in [0, 0.1) is 6.92 Å². The smallest absolute Gasteiger partial charge is 0.0817 e. The van der Waals surface area contributed by atoms with Gasteiger partial charge in [-0.25, -0.2) is 0 Å². The molecule has 0 bridgehead atoms. The molecule has 1 aromatic carbocycles. The Hall–Kier alpha value is -1.54. The molecular formula is C12H13ClN2. The van der Waals surface area contributed by atoms with Crippen LogP contribution in [0.4, 0.5) is 5.69 Å². The van der Waals surface area contributed by atoms with Crippen molar-refractivity contribution in [3.05, 3.63) is 53.3 Å². The highest BCUT2D eigenvalue weighted by Gasteiger charge is 2.01. The van der Waals surface area contributed by atoms with Crippen LogP contribution in [0.25, 0.3) is 0 Å². The molecule has 3 heteroatoms. The van der Waals surface area contributed by atoms with Gasteiger partial charge in [-0.15, -0.1) is 0 Å². The molecule has 0 heterocycles. The van der Waals surface area contributed by atoms with Crippen molar-refractivity contribution in [2.24, 2.45) is 4.99 Å². The number of rotatable bonds is 4. The van der Waals surface area contributed by atoms with Gasteiger partial charge >= 0.3 is 0 Å². The van der Waals surface area contributed by atoms with Crippen LogP contribution in [0.15, 0.2) is 52.8 Å². The van der Waals surface area contributed by atoms with E-state index >= 15 is 0 Å². The van der Waals surface area contributed by atoms with Crippen LogP contribution in [0.3, 0.4) is 0 Å². The SMILES string of the molecule is C=N/C=C(/Cl)C(=C)Nc1ccccc1C. The second-order valence-corrected chi connectivity index (χ2v) is 3.49. The number of nitrogens with zero attached hydrogens (tertiary/aromatic N) is 1. The van der Waals surface area contributed by atoms with Gasteiger partial charge in [-0.3, -0.25) is 4.99 Å². The summed E-state index contributed by atoms with van der Waals surface area (Å²) in [5.74, 6) is 0. The predicted octanol–water partition coefficient (Wildman–Crippen LogP) is 3.70. The number of allylic oxidation sites excluding steroid dienone is 1. The Balaban J connectivity index is 2.79. The van der Waals surface area contributed by atoms with Crippen molar-refractivity contribution >= 4 is 24.0 Å². The van der Waals surface area contributed by atoms with Gasteiger partial charge in [-0.2, -0.15) is 0 Å². The third-order valence-corrected chi connectivity index (χ3v) is 2.25. The van der Waals surface area contributed by atoms with E-state index in [1.54, 1.807) is 0 Å². The molecule has 1 N–H and O–H groups in total. The minimum absolute atomic E-state index is 0.452. The molecule has 0 aromatic heterocycles. The molecule has 0 aliphatic carbocycles. The lowest BCUT2D eigenvalue weighted by molar-refractivity contribution is 1.38. The van der Waals surface area contributed by atoms with Crippen LogP contribution < -0.4 is 5.32 Å². The lowest BCUT2D eigenvalue weighted by Crippen LogP contribution is -1.99. The Bertz CT molecular complexity index is 408. The van der Waals surface area contributed by atoms with Crippen LogP contribution in [-0.2, 0) is 0 Å². The van der Waals surface area contributed by atoms with Crippen molar-refractivity contribution in [1.82, 2.24) is 0 Å². The maximum absolute atomic E-state index is 5.90. The number of benzene rings is 1. The first-order valence-corrected chi connectivity index (χ1v) is 4.86. The molecule has 15 heavy (non-hydrogen) atoms. The Labute approximate surface area is 95.0 Å². The first-order valence-electron chi connectivity index (χ1n) is 4.48. The van der Waals surface area contributed by atoms with E-state index in [4.69, 9.17) is 11.6 Å². The van der Waals surface area contributed by atoms with Gasteiger partial charge in [0.05, 0.1) is 10.7 Å². The molecule has 0 aliphatic heterocycles. The normalized spacial score (nSPS) is 10.9. The van der Waals surface area contributed by atoms with Crippen LogP contribution in [0.1, 0.15) is 5.56 Å². The third kappa shape index (κ3) is 3.26. The van der Waals surface area contributed by atoms with Gasteiger partial charge in [0.25, 0.3) is 0 Å². The van der Waals surface area contributed by atoms with Crippen LogP contribution in [0.2, 0.25) is 0 Å². The van der Waals surface area contributed by atoms with E-state index in [2.05, 4.69) is 23.6 Å². The Morgan fingerprint density at radius 3 is 2.73 bits per heavy atom. The molecule has 0 fully saturated rings. The summed E-state index contributed by atoms with van der Waals surface area (Å²) in [7, 11) is 0. The first kappa shape index (κ1) is 11.5. The molecule has 0 atom stereocenters. The topological polar surface area (TPSA) is 24.4 Å². The molecule has 0 spiro atoms. The minimum Gasteiger partial charge on any atom is -0.355 e. The number of hydrogen-bond acceptors (Lipinski definition) is 2. The zero-order valence-corrected chi connectivity index (χ0v) is 9.38. The highest BCUT2D eigenvalue weighted by atomic mass is 35.5. The van der Waals surface area contributed by atoms with Crippen LogP contribution in [0.5, 0.6) is 0 Å². The molecule has 0 saturated heterocycles. The van der Waals surface area contributed by atoms with Gasteiger partial charge in [0, 0.05) is 11.9 Å². The third-order valence-electron chi connectivity index (χ3n) is 1.92. The minimum atomic E-state index is 0.452. The summed E-state index contributed by atoms with van der Waals surface area (Å²) in [6, 6.07) is 7.91. The summed E-state index contributed by atoms with van der Waals surface area (Å²) in [6.07, 6.45) is 1.45. The monoisotopic (exact) mass is 220 g/mol.